The third-order valence-corrected chi connectivity index (χ3v) is 6.49. The van der Waals surface area contributed by atoms with Crippen molar-refractivity contribution < 1.29 is 22.6 Å². The zero-order chi connectivity index (χ0) is 20.9. The van der Waals surface area contributed by atoms with Crippen LogP contribution in [0.15, 0.2) is 40.9 Å². The Balaban J connectivity index is 1.87. The summed E-state index contributed by atoms with van der Waals surface area (Å²) in [7, 11) is 3.09. The van der Waals surface area contributed by atoms with E-state index in [9.17, 15) is 13.2 Å². The highest BCUT2D eigenvalue weighted by molar-refractivity contribution is 9.10. The fourth-order valence-corrected chi connectivity index (χ4v) is 5.21. The Hall–Kier alpha value is -1.86. The summed E-state index contributed by atoms with van der Waals surface area (Å²) < 4.78 is 52.6. The van der Waals surface area contributed by atoms with Crippen LogP contribution in [0.1, 0.15) is 35.1 Å². The van der Waals surface area contributed by atoms with Crippen molar-refractivity contribution >= 4 is 33.2 Å². The normalized spacial score (nSPS) is 22.7. The topological polar surface area (TPSA) is 30.5 Å². The standard InChI is InChI=1S/C21H18BrClF3NO2/c1-28-16-9-10(8-14(22)20(16)29-2)18-12-5-3-4-11(12)17-13(21(24,25)26)6-7-15(23)19(17)27-18/h3-4,6-9,11-12,18,27H,5H2,1-2H3/t11-,12-,18-/m0/s1. The van der Waals surface area contributed by atoms with E-state index in [4.69, 9.17) is 21.1 Å². The fourth-order valence-electron chi connectivity index (χ4n) is 4.37. The molecule has 1 heterocycles. The van der Waals surface area contributed by atoms with Gasteiger partial charge in [0, 0.05) is 5.92 Å². The average Bonchev–Trinajstić information content (AvgIpc) is 3.16. The Labute approximate surface area is 180 Å². The largest absolute Gasteiger partial charge is 0.493 e. The Morgan fingerprint density at radius 2 is 1.93 bits per heavy atom. The van der Waals surface area contributed by atoms with Crippen LogP contribution in [0.4, 0.5) is 18.9 Å². The Morgan fingerprint density at radius 1 is 1.17 bits per heavy atom. The number of hydrogen-bond acceptors (Lipinski definition) is 3. The predicted molar refractivity (Wildman–Crippen MR) is 110 cm³/mol. The molecule has 29 heavy (non-hydrogen) atoms. The maximum atomic E-state index is 13.7. The lowest BCUT2D eigenvalue weighted by Gasteiger charge is -2.39. The van der Waals surface area contributed by atoms with Crippen molar-refractivity contribution in [3.05, 3.63) is 62.6 Å². The minimum absolute atomic E-state index is 0.0768. The van der Waals surface area contributed by atoms with Gasteiger partial charge in [0.2, 0.25) is 0 Å². The summed E-state index contributed by atoms with van der Waals surface area (Å²) in [5.74, 6) is 0.651. The van der Waals surface area contributed by atoms with Crippen molar-refractivity contribution in [1.29, 1.82) is 0 Å². The number of hydrogen-bond donors (Lipinski definition) is 1. The molecule has 2 aliphatic rings. The minimum Gasteiger partial charge on any atom is -0.493 e. The maximum Gasteiger partial charge on any atom is 0.416 e. The van der Waals surface area contributed by atoms with Crippen LogP contribution in [0.2, 0.25) is 5.02 Å². The van der Waals surface area contributed by atoms with Gasteiger partial charge in [-0.25, -0.2) is 0 Å². The summed E-state index contributed by atoms with van der Waals surface area (Å²) in [5.41, 5.74) is 0.801. The maximum absolute atomic E-state index is 13.7. The van der Waals surface area contributed by atoms with Gasteiger partial charge in [0.1, 0.15) is 0 Å². The molecule has 0 saturated heterocycles. The molecule has 0 radical (unpaired) electrons. The predicted octanol–water partition coefficient (Wildman–Crippen LogP) is 6.97. The number of anilines is 1. The van der Waals surface area contributed by atoms with Gasteiger partial charge >= 0.3 is 6.18 Å². The van der Waals surface area contributed by atoms with Crippen molar-refractivity contribution in [3.63, 3.8) is 0 Å². The van der Waals surface area contributed by atoms with Gasteiger partial charge in [0.25, 0.3) is 0 Å². The Morgan fingerprint density at radius 3 is 2.59 bits per heavy atom. The van der Waals surface area contributed by atoms with E-state index in [0.29, 0.717) is 28.1 Å². The highest BCUT2D eigenvalue weighted by Gasteiger charge is 2.45. The number of allylic oxidation sites excluding steroid dienone is 2. The van der Waals surface area contributed by atoms with Gasteiger partial charge in [-0.2, -0.15) is 13.2 Å². The van der Waals surface area contributed by atoms with Crippen LogP contribution in [0.3, 0.4) is 0 Å². The fraction of sp³-hybridized carbons (Fsp3) is 0.333. The molecule has 0 aromatic heterocycles. The van der Waals surface area contributed by atoms with E-state index in [1.807, 2.05) is 24.3 Å². The van der Waals surface area contributed by atoms with Crippen LogP contribution in [-0.4, -0.2) is 14.2 Å². The monoisotopic (exact) mass is 487 g/mol. The van der Waals surface area contributed by atoms with Crippen molar-refractivity contribution in [2.24, 2.45) is 5.92 Å². The first-order valence-corrected chi connectivity index (χ1v) is 10.2. The second-order valence-corrected chi connectivity index (χ2v) is 8.36. The van der Waals surface area contributed by atoms with Crippen LogP contribution < -0.4 is 14.8 Å². The van der Waals surface area contributed by atoms with Gasteiger partial charge < -0.3 is 14.8 Å². The number of halogens is 5. The molecule has 1 N–H and O–H groups in total. The van der Waals surface area contributed by atoms with Crippen LogP contribution in [0.5, 0.6) is 11.5 Å². The van der Waals surface area contributed by atoms with E-state index in [-0.39, 0.29) is 28.5 Å². The van der Waals surface area contributed by atoms with Gasteiger partial charge in [-0.05, 0) is 63.7 Å². The second kappa shape index (κ2) is 7.43. The molecule has 4 rings (SSSR count). The number of nitrogens with one attached hydrogen (secondary N) is 1. The van der Waals surface area contributed by atoms with Gasteiger partial charge in [-0.3, -0.25) is 0 Å². The summed E-state index contributed by atoms with van der Waals surface area (Å²) in [6, 6.07) is 5.89. The smallest absolute Gasteiger partial charge is 0.416 e. The number of methoxy groups -OCH3 is 2. The molecule has 0 amide bonds. The van der Waals surface area contributed by atoms with Crippen LogP contribution in [0, 0.1) is 5.92 Å². The molecule has 0 spiro atoms. The summed E-state index contributed by atoms with van der Waals surface area (Å²) >= 11 is 9.84. The first-order valence-electron chi connectivity index (χ1n) is 9.00. The van der Waals surface area contributed by atoms with Gasteiger partial charge in [-0.1, -0.05) is 23.8 Å². The molecule has 0 fully saturated rings. The molecule has 1 aliphatic carbocycles. The van der Waals surface area contributed by atoms with Gasteiger partial charge in [0.05, 0.1) is 41.0 Å². The SMILES string of the molecule is COc1cc([C@@H]2Nc3c(Cl)ccc(C(F)(F)F)c3[C@H]3C=CC[C@@H]32)cc(Br)c1OC. The third kappa shape index (κ3) is 3.38. The third-order valence-electron chi connectivity index (χ3n) is 5.59. The van der Waals surface area contributed by atoms with E-state index >= 15 is 0 Å². The van der Waals surface area contributed by atoms with Crippen LogP contribution >= 0.6 is 27.5 Å². The molecule has 3 atom stereocenters. The van der Waals surface area contributed by atoms with Crippen molar-refractivity contribution in [2.45, 2.75) is 24.6 Å². The Kier molecular flexibility index (Phi) is 5.23. The van der Waals surface area contributed by atoms with E-state index in [2.05, 4.69) is 21.2 Å². The number of ether oxygens (including phenoxy) is 2. The average molecular weight is 489 g/mol. The van der Waals surface area contributed by atoms with E-state index in [0.717, 1.165) is 11.6 Å². The molecule has 1 aliphatic heterocycles. The number of benzene rings is 2. The van der Waals surface area contributed by atoms with Gasteiger partial charge in [0.15, 0.2) is 11.5 Å². The van der Waals surface area contributed by atoms with Crippen molar-refractivity contribution in [3.8, 4) is 11.5 Å². The molecule has 3 nitrogen and oxygen atoms in total. The van der Waals surface area contributed by atoms with Crippen LogP contribution in [0.25, 0.3) is 0 Å². The first-order chi connectivity index (χ1) is 13.8. The minimum atomic E-state index is -4.45. The lowest BCUT2D eigenvalue weighted by molar-refractivity contribution is -0.138. The molecule has 154 valence electrons. The second-order valence-electron chi connectivity index (χ2n) is 7.10. The molecule has 2 aromatic rings. The quantitative estimate of drug-likeness (QED) is 0.474. The zero-order valence-corrected chi connectivity index (χ0v) is 18.0. The van der Waals surface area contributed by atoms with E-state index in [1.54, 1.807) is 14.2 Å². The number of alkyl halides is 3. The zero-order valence-electron chi connectivity index (χ0n) is 15.6. The molecular formula is C21H18BrClF3NO2. The lowest BCUT2D eigenvalue weighted by Crippen LogP contribution is -2.31. The van der Waals surface area contributed by atoms with E-state index in [1.165, 1.54) is 6.07 Å². The number of rotatable bonds is 3. The van der Waals surface area contributed by atoms with Crippen LogP contribution in [-0.2, 0) is 6.18 Å². The Bertz CT molecular complexity index is 993. The van der Waals surface area contributed by atoms with E-state index < -0.39 is 11.7 Å². The molecule has 0 bridgehead atoms. The van der Waals surface area contributed by atoms with Crippen molar-refractivity contribution in [2.75, 3.05) is 19.5 Å². The van der Waals surface area contributed by atoms with Crippen molar-refractivity contribution in [1.82, 2.24) is 0 Å². The molecule has 0 unspecified atom stereocenters. The molecular weight excluding hydrogens is 471 g/mol. The molecule has 2 aromatic carbocycles. The summed E-state index contributed by atoms with van der Waals surface area (Å²) in [5, 5.41) is 3.57. The summed E-state index contributed by atoms with van der Waals surface area (Å²) in [6.07, 6.45) is 0.0166. The van der Waals surface area contributed by atoms with Gasteiger partial charge in [-0.15, -0.1) is 0 Å². The highest BCUT2D eigenvalue weighted by atomic mass is 79.9. The summed E-state index contributed by atoms with van der Waals surface area (Å²) in [4.78, 5) is 0. The number of fused-ring (bicyclic) bond motifs is 3. The first kappa shape index (κ1) is 20.4. The lowest BCUT2D eigenvalue weighted by atomic mass is 9.75. The molecule has 8 heteroatoms. The highest BCUT2D eigenvalue weighted by Crippen LogP contribution is 2.55. The molecule has 0 saturated carbocycles. The summed E-state index contributed by atoms with van der Waals surface area (Å²) in [6.45, 7) is 0.